The van der Waals surface area contributed by atoms with Crippen LogP contribution in [0.4, 0.5) is 4.39 Å². The summed E-state index contributed by atoms with van der Waals surface area (Å²) in [5.41, 5.74) is 0. The van der Waals surface area contributed by atoms with Crippen molar-refractivity contribution in [3.05, 3.63) is 28.3 Å². The van der Waals surface area contributed by atoms with Crippen LogP contribution in [0.3, 0.4) is 0 Å². The van der Waals surface area contributed by atoms with E-state index in [2.05, 4.69) is 9.68 Å². The first-order chi connectivity index (χ1) is 6.65. The first-order valence-electron chi connectivity index (χ1n) is 4.13. The van der Waals surface area contributed by atoms with Crippen molar-refractivity contribution in [2.24, 2.45) is 0 Å². The summed E-state index contributed by atoms with van der Waals surface area (Å²) in [6, 6.07) is 0. The number of aryl methyl sites for hydroxylation is 1. The minimum atomic E-state index is -0.685. The molecule has 0 aliphatic heterocycles. The van der Waals surface area contributed by atoms with Gasteiger partial charge in [0.25, 0.3) is 0 Å². The highest BCUT2D eigenvalue weighted by molar-refractivity contribution is 4.94. The predicted octanol–water partition coefficient (Wildman–Crippen LogP) is 0.381. The average Bonchev–Trinajstić information content (AvgIpc) is 2.46. The third-order valence-electron chi connectivity index (χ3n) is 1.67. The zero-order valence-electron chi connectivity index (χ0n) is 7.73. The highest BCUT2D eigenvalue weighted by Crippen LogP contribution is 2.02. The lowest BCUT2D eigenvalue weighted by molar-refractivity contribution is 0.301. The highest BCUT2D eigenvalue weighted by Gasteiger charge is 2.07. The second kappa shape index (κ2) is 4.71. The smallest absolute Gasteiger partial charge is 0.396 e. The summed E-state index contributed by atoms with van der Waals surface area (Å²) < 4.78 is 18.4. The van der Waals surface area contributed by atoms with Crippen molar-refractivity contribution in [1.82, 2.24) is 9.72 Å². The number of halogens is 1. The minimum absolute atomic E-state index is 0.120. The van der Waals surface area contributed by atoms with Crippen LogP contribution in [0.25, 0.3) is 0 Å². The van der Waals surface area contributed by atoms with E-state index in [9.17, 15) is 9.18 Å². The molecular weight excluding hydrogens is 191 g/mol. The van der Waals surface area contributed by atoms with Gasteiger partial charge >= 0.3 is 5.76 Å². The van der Waals surface area contributed by atoms with Gasteiger partial charge in [-0.15, -0.1) is 0 Å². The Morgan fingerprint density at radius 1 is 1.79 bits per heavy atom. The van der Waals surface area contributed by atoms with Crippen LogP contribution in [0.2, 0.25) is 0 Å². The highest BCUT2D eigenvalue weighted by atomic mass is 19.1. The molecule has 0 fully saturated rings. The summed E-state index contributed by atoms with van der Waals surface area (Å²) >= 11 is 0. The SMILES string of the molecule is Cc1noc(=O)n1C/C(F)=C\CCO. The van der Waals surface area contributed by atoms with E-state index in [0.717, 1.165) is 4.57 Å². The standard InChI is InChI=1S/C8H11FN2O3/c1-6-10-14-8(13)11(6)5-7(9)3-2-4-12/h3,12H,2,4-5H2,1H3/b7-3+. The molecule has 1 aromatic rings. The fraction of sp³-hybridized carbons (Fsp3) is 0.500. The molecule has 0 aromatic carbocycles. The van der Waals surface area contributed by atoms with Gasteiger partial charge in [0.2, 0.25) is 0 Å². The zero-order valence-corrected chi connectivity index (χ0v) is 7.73. The lowest BCUT2D eigenvalue weighted by Gasteiger charge is -1.98. The van der Waals surface area contributed by atoms with Crippen LogP contribution in [0.15, 0.2) is 21.2 Å². The van der Waals surface area contributed by atoms with Gasteiger partial charge in [0.15, 0.2) is 5.82 Å². The van der Waals surface area contributed by atoms with Crippen molar-refractivity contribution in [2.45, 2.75) is 19.9 Å². The Hall–Kier alpha value is -1.43. The van der Waals surface area contributed by atoms with Crippen LogP contribution >= 0.6 is 0 Å². The fourth-order valence-corrected chi connectivity index (χ4v) is 0.952. The maximum Gasteiger partial charge on any atom is 0.441 e. The molecular formula is C8H11FN2O3. The molecule has 0 spiro atoms. The van der Waals surface area contributed by atoms with Gasteiger partial charge in [-0.2, -0.15) is 0 Å². The van der Waals surface area contributed by atoms with E-state index in [4.69, 9.17) is 5.11 Å². The van der Waals surface area contributed by atoms with Gasteiger partial charge in [0.05, 0.1) is 6.54 Å². The van der Waals surface area contributed by atoms with Crippen LogP contribution < -0.4 is 5.76 Å². The maximum absolute atomic E-state index is 13.0. The van der Waals surface area contributed by atoms with Crippen molar-refractivity contribution >= 4 is 0 Å². The number of aliphatic hydroxyl groups is 1. The van der Waals surface area contributed by atoms with Gasteiger partial charge in [-0.3, -0.25) is 9.09 Å². The molecule has 0 radical (unpaired) electrons. The number of hydrogen-bond acceptors (Lipinski definition) is 4. The van der Waals surface area contributed by atoms with E-state index in [1.54, 1.807) is 6.92 Å². The quantitative estimate of drug-likeness (QED) is 0.766. The monoisotopic (exact) mass is 202 g/mol. The molecule has 0 unspecified atom stereocenters. The molecule has 1 heterocycles. The number of aliphatic hydroxyl groups excluding tert-OH is 1. The molecule has 5 nitrogen and oxygen atoms in total. The first kappa shape index (κ1) is 10.6. The van der Waals surface area contributed by atoms with E-state index >= 15 is 0 Å². The Labute approximate surface area is 79.4 Å². The van der Waals surface area contributed by atoms with E-state index < -0.39 is 11.6 Å². The van der Waals surface area contributed by atoms with E-state index in [0.29, 0.717) is 5.82 Å². The van der Waals surface area contributed by atoms with Crippen LogP contribution in [0, 0.1) is 6.92 Å². The largest absolute Gasteiger partial charge is 0.441 e. The van der Waals surface area contributed by atoms with Crippen molar-refractivity contribution in [2.75, 3.05) is 6.61 Å². The summed E-state index contributed by atoms with van der Waals surface area (Å²) in [5.74, 6) is -0.856. The molecule has 0 atom stereocenters. The first-order valence-corrected chi connectivity index (χ1v) is 4.13. The van der Waals surface area contributed by atoms with Crippen LogP contribution in [-0.2, 0) is 6.54 Å². The molecule has 1 aromatic heterocycles. The van der Waals surface area contributed by atoms with Crippen molar-refractivity contribution in [3.8, 4) is 0 Å². The summed E-state index contributed by atoms with van der Waals surface area (Å²) in [7, 11) is 0. The van der Waals surface area contributed by atoms with E-state index in [1.165, 1.54) is 6.08 Å². The van der Waals surface area contributed by atoms with Gasteiger partial charge in [0, 0.05) is 6.61 Å². The molecule has 1 rings (SSSR count). The van der Waals surface area contributed by atoms with Gasteiger partial charge < -0.3 is 5.11 Å². The molecule has 0 aliphatic carbocycles. The number of nitrogens with zero attached hydrogens (tertiary/aromatic N) is 2. The van der Waals surface area contributed by atoms with Gasteiger partial charge in [0.1, 0.15) is 5.83 Å². The Bertz CT molecular complexity index is 380. The van der Waals surface area contributed by atoms with Gasteiger partial charge in [-0.05, 0) is 19.4 Å². The summed E-state index contributed by atoms with van der Waals surface area (Å²) in [6.07, 6.45) is 1.45. The van der Waals surface area contributed by atoms with Gasteiger partial charge in [-0.25, -0.2) is 9.18 Å². The molecule has 14 heavy (non-hydrogen) atoms. The van der Waals surface area contributed by atoms with Crippen LogP contribution in [-0.4, -0.2) is 21.4 Å². The minimum Gasteiger partial charge on any atom is -0.396 e. The molecule has 6 heteroatoms. The van der Waals surface area contributed by atoms with E-state index in [1.807, 2.05) is 0 Å². The maximum atomic E-state index is 13.0. The molecule has 0 aliphatic rings. The van der Waals surface area contributed by atoms with Gasteiger partial charge in [-0.1, -0.05) is 5.16 Å². The Kier molecular flexibility index (Phi) is 3.58. The second-order valence-electron chi connectivity index (χ2n) is 2.75. The molecule has 78 valence electrons. The average molecular weight is 202 g/mol. The van der Waals surface area contributed by atoms with Crippen molar-refractivity contribution in [1.29, 1.82) is 0 Å². The van der Waals surface area contributed by atoms with Crippen molar-refractivity contribution in [3.63, 3.8) is 0 Å². The number of rotatable bonds is 4. The number of hydrogen-bond donors (Lipinski definition) is 1. The predicted molar refractivity (Wildman–Crippen MR) is 46.4 cm³/mol. The topological polar surface area (TPSA) is 68.3 Å². The Balaban J connectivity index is 2.74. The fourth-order valence-electron chi connectivity index (χ4n) is 0.952. The summed E-state index contributed by atoms with van der Waals surface area (Å²) in [5, 5.41) is 11.8. The lowest BCUT2D eigenvalue weighted by Crippen LogP contribution is -2.16. The lowest BCUT2D eigenvalue weighted by atomic mass is 10.3. The van der Waals surface area contributed by atoms with Crippen molar-refractivity contribution < 1.29 is 14.0 Å². The molecule has 0 saturated carbocycles. The third-order valence-corrected chi connectivity index (χ3v) is 1.67. The third kappa shape index (κ3) is 2.53. The molecule has 0 amide bonds. The molecule has 1 N–H and O–H groups in total. The summed E-state index contributed by atoms with van der Waals surface area (Å²) in [4.78, 5) is 10.9. The number of allylic oxidation sites excluding steroid dienone is 1. The summed E-state index contributed by atoms with van der Waals surface area (Å²) in [6.45, 7) is 1.23. The normalized spacial score (nSPS) is 12.1. The van der Waals surface area contributed by atoms with Crippen LogP contribution in [0.5, 0.6) is 0 Å². The number of aromatic nitrogens is 2. The molecule has 0 saturated heterocycles. The zero-order chi connectivity index (χ0) is 10.6. The second-order valence-corrected chi connectivity index (χ2v) is 2.75. The Morgan fingerprint density at radius 3 is 3.00 bits per heavy atom. The van der Waals surface area contributed by atoms with Crippen LogP contribution in [0.1, 0.15) is 12.2 Å². The van der Waals surface area contributed by atoms with E-state index in [-0.39, 0.29) is 19.6 Å². The Morgan fingerprint density at radius 2 is 2.50 bits per heavy atom. The molecule has 0 bridgehead atoms.